The normalized spacial score (nSPS) is 12.7. The summed E-state index contributed by atoms with van der Waals surface area (Å²) < 4.78 is 16.8. The number of hydrogen-bond acceptors (Lipinski definition) is 6. The standard InChI is InChI=1S/C64H110O6/c1-4-7-10-13-16-19-22-23-24-25-26-27-28-29-30-31-32-33-34-35-36-37-38-39-40-41-43-45-48-51-54-57-63(66)69-60-61(59-68-62(65)56-53-50-47-44-21-18-15-12-9-6-3)70-64(67)58-55-52-49-46-42-20-17-14-11-8-5-2/h7,10,16,19,23-24,26-27,29-30,32-33,35-36,61H,4-6,8-9,11-15,17-18,20-22,25,28,31,34,37-60H2,1-3H3/b10-7-,19-16-,24-23-,27-26-,30-29-,33-32-,36-35-. The molecule has 0 heterocycles. The van der Waals surface area contributed by atoms with Crippen molar-refractivity contribution >= 4 is 17.9 Å². The number of esters is 3. The van der Waals surface area contributed by atoms with Gasteiger partial charge in [-0.05, 0) is 77.0 Å². The van der Waals surface area contributed by atoms with Crippen LogP contribution in [0.5, 0.6) is 0 Å². The van der Waals surface area contributed by atoms with Crippen LogP contribution >= 0.6 is 0 Å². The van der Waals surface area contributed by atoms with E-state index in [1.54, 1.807) is 0 Å². The van der Waals surface area contributed by atoms with Crippen molar-refractivity contribution in [3.63, 3.8) is 0 Å². The zero-order chi connectivity index (χ0) is 50.7. The SMILES string of the molecule is CC/C=C\C/C=C\C/C=C\C/C=C\C/C=C\C/C=C\C/C=C\CCCCCCCCCCCC(=O)OCC(COC(=O)CCCCCCCCCCCC)OC(=O)CCCCCCCCCCCCC. The minimum atomic E-state index is -0.773. The quantitative estimate of drug-likeness (QED) is 0.0261. The number of unbranched alkanes of at least 4 members (excludes halogenated alkanes) is 28. The molecule has 0 aliphatic carbocycles. The molecule has 6 heteroatoms. The predicted octanol–water partition coefficient (Wildman–Crippen LogP) is 19.9. The second-order valence-corrected chi connectivity index (χ2v) is 19.5. The summed E-state index contributed by atoms with van der Waals surface area (Å²) in [6.45, 7) is 6.51. The van der Waals surface area contributed by atoms with E-state index in [1.807, 2.05) is 0 Å². The zero-order valence-corrected chi connectivity index (χ0v) is 46.0. The molecule has 0 bridgehead atoms. The maximum atomic E-state index is 12.8. The molecule has 0 rings (SSSR count). The summed E-state index contributed by atoms with van der Waals surface area (Å²) in [7, 11) is 0. The molecule has 0 fully saturated rings. The lowest BCUT2D eigenvalue weighted by molar-refractivity contribution is -0.167. The third kappa shape index (κ3) is 55.5. The highest BCUT2D eigenvalue weighted by molar-refractivity contribution is 5.71. The van der Waals surface area contributed by atoms with E-state index >= 15 is 0 Å². The Kier molecular flexibility index (Phi) is 55.3. The van der Waals surface area contributed by atoms with E-state index in [1.165, 1.54) is 135 Å². The average molecular weight is 976 g/mol. The van der Waals surface area contributed by atoms with Crippen LogP contribution in [0.4, 0.5) is 0 Å². The summed E-state index contributed by atoms with van der Waals surface area (Å²) in [4.78, 5) is 38.0. The van der Waals surface area contributed by atoms with Gasteiger partial charge in [-0.15, -0.1) is 0 Å². The van der Waals surface area contributed by atoms with E-state index in [2.05, 4.69) is 106 Å². The van der Waals surface area contributed by atoms with Crippen LogP contribution in [-0.4, -0.2) is 37.2 Å². The van der Waals surface area contributed by atoms with Gasteiger partial charge in [0.15, 0.2) is 6.10 Å². The van der Waals surface area contributed by atoms with E-state index in [9.17, 15) is 14.4 Å². The summed E-state index contributed by atoms with van der Waals surface area (Å²) in [5.74, 6) is -0.875. The highest BCUT2D eigenvalue weighted by atomic mass is 16.6. The van der Waals surface area contributed by atoms with Gasteiger partial charge < -0.3 is 14.2 Å². The Morgan fingerprint density at radius 2 is 0.557 bits per heavy atom. The highest BCUT2D eigenvalue weighted by Gasteiger charge is 2.19. The fraction of sp³-hybridized carbons (Fsp3) is 0.734. The molecule has 0 saturated heterocycles. The number of carbonyl (C=O) groups excluding carboxylic acids is 3. The molecule has 70 heavy (non-hydrogen) atoms. The van der Waals surface area contributed by atoms with Crippen molar-refractivity contribution in [3.05, 3.63) is 85.1 Å². The predicted molar refractivity (Wildman–Crippen MR) is 302 cm³/mol. The molecule has 0 N–H and O–H groups in total. The van der Waals surface area contributed by atoms with Crippen molar-refractivity contribution in [2.75, 3.05) is 13.2 Å². The molecular formula is C64H110O6. The van der Waals surface area contributed by atoms with Gasteiger partial charge in [-0.25, -0.2) is 0 Å². The van der Waals surface area contributed by atoms with Gasteiger partial charge in [-0.2, -0.15) is 0 Å². The maximum absolute atomic E-state index is 12.8. The zero-order valence-electron chi connectivity index (χ0n) is 46.0. The van der Waals surface area contributed by atoms with Crippen LogP contribution in [0.2, 0.25) is 0 Å². The van der Waals surface area contributed by atoms with Gasteiger partial charge in [-0.1, -0.05) is 273 Å². The van der Waals surface area contributed by atoms with E-state index in [-0.39, 0.29) is 31.1 Å². The van der Waals surface area contributed by atoms with Gasteiger partial charge >= 0.3 is 17.9 Å². The number of hydrogen-bond donors (Lipinski definition) is 0. The fourth-order valence-electron chi connectivity index (χ4n) is 8.25. The number of carbonyl (C=O) groups is 3. The summed E-state index contributed by atoms with van der Waals surface area (Å²) in [6, 6.07) is 0. The van der Waals surface area contributed by atoms with Crippen molar-refractivity contribution in [1.82, 2.24) is 0 Å². The molecule has 1 atom stereocenters. The molecule has 0 aromatic heterocycles. The van der Waals surface area contributed by atoms with Crippen molar-refractivity contribution in [1.29, 1.82) is 0 Å². The van der Waals surface area contributed by atoms with E-state index in [0.29, 0.717) is 19.3 Å². The first-order valence-corrected chi connectivity index (χ1v) is 29.6. The Hall–Kier alpha value is -3.41. The number of rotatable bonds is 53. The second-order valence-electron chi connectivity index (χ2n) is 19.5. The lowest BCUT2D eigenvalue weighted by Gasteiger charge is -2.18. The highest BCUT2D eigenvalue weighted by Crippen LogP contribution is 2.16. The van der Waals surface area contributed by atoms with E-state index < -0.39 is 6.10 Å². The second kappa shape index (κ2) is 58.2. The third-order valence-electron chi connectivity index (χ3n) is 12.7. The molecule has 0 radical (unpaired) electrons. The molecule has 0 amide bonds. The first-order valence-electron chi connectivity index (χ1n) is 29.6. The Bertz CT molecular complexity index is 1350. The molecule has 0 aromatic carbocycles. The van der Waals surface area contributed by atoms with Crippen LogP contribution < -0.4 is 0 Å². The number of allylic oxidation sites excluding steroid dienone is 14. The molecule has 6 nitrogen and oxygen atoms in total. The van der Waals surface area contributed by atoms with Gasteiger partial charge in [0.05, 0.1) is 0 Å². The monoisotopic (exact) mass is 975 g/mol. The molecule has 0 saturated carbocycles. The molecule has 0 spiro atoms. The molecule has 0 aliphatic heterocycles. The van der Waals surface area contributed by atoms with Crippen molar-refractivity contribution in [2.24, 2.45) is 0 Å². The minimum Gasteiger partial charge on any atom is -0.462 e. The molecule has 1 unspecified atom stereocenters. The van der Waals surface area contributed by atoms with E-state index in [0.717, 1.165) is 109 Å². The van der Waals surface area contributed by atoms with Gasteiger partial charge in [0.1, 0.15) is 13.2 Å². The van der Waals surface area contributed by atoms with Crippen LogP contribution in [-0.2, 0) is 28.6 Å². The van der Waals surface area contributed by atoms with Crippen LogP contribution in [0, 0.1) is 0 Å². The number of ether oxygens (including phenoxy) is 3. The lowest BCUT2D eigenvalue weighted by Crippen LogP contribution is -2.30. The molecule has 0 aliphatic rings. The molecule has 0 aromatic rings. The Morgan fingerprint density at radius 1 is 0.300 bits per heavy atom. The fourth-order valence-corrected chi connectivity index (χ4v) is 8.25. The third-order valence-corrected chi connectivity index (χ3v) is 12.7. The van der Waals surface area contributed by atoms with Crippen LogP contribution in [0.25, 0.3) is 0 Å². The van der Waals surface area contributed by atoms with Gasteiger partial charge in [-0.3, -0.25) is 14.4 Å². The summed E-state index contributed by atoms with van der Waals surface area (Å²) in [6.07, 6.45) is 75.9. The first kappa shape index (κ1) is 66.6. The van der Waals surface area contributed by atoms with Crippen LogP contribution in [0.3, 0.4) is 0 Å². The Labute approximate surface area is 433 Å². The average Bonchev–Trinajstić information content (AvgIpc) is 3.36. The molecular weight excluding hydrogens is 865 g/mol. The lowest BCUT2D eigenvalue weighted by atomic mass is 10.1. The minimum absolute atomic E-state index is 0.0738. The topological polar surface area (TPSA) is 78.9 Å². The van der Waals surface area contributed by atoms with Crippen LogP contribution in [0.1, 0.15) is 284 Å². The first-order chi connectivity index (χ1) is 34.5. The Morgan fingerprint density at radius 3 is 0.871 bits per heavy atom. The van der Waals surface area contributed by atoms with Gasteiger partial charge in [0, 0.05) is 19.3 Å². The maximum Gasteiger partial charge on any atom is 0.306 e. The van der Waals surface area contributed by atoms with Crippen molar-refractivity contribution in [3.8, 4) is 0 Å². The summed E-state index contributed by atoms with van der Waals surface area (Å²) in [5.41, 5.74) is 0. The van der Waals surface area contributed by atoms with Crippen LogP contribution in [0.15, 0.2) is 85.1 Å². The van der Waals surface area contributed by atoms with Gasteiger partial charge in [0.25, 0.3) is 0 Å². The van der Waals surface area contributed by atoms with E-state index in [4.69, 9.17) is 14.2 Å². The van der Waals surface area contributed by atoms with Crippen molar-refractivity contribution in [2.45, 2.75) is 290 Å². The smallest absolute Gasteiger partial charge is 0.306 e. The van der Waals surface area contributed by atoms with Gasteiger partial charge in [0.2, 0.25) is 0 Å². The molecule has 402 valence electrons. The largest absolute Gasteiger partial charge is 0.462 e. The Balaban J connectivity index is 4.15. The summed E-state index contributed by atoms with van der Waals surface area (Å²) in [5, 5.41) is 0. The summed E-state index contributed by atoms with van der Waals surface area (Å²) >= 11 is 0. The van der Waals surface area contributed by atoms with Crippen molar-refractivity contribution < 1.29 is 28.6 Å².